The van der Waals surface area contributed by atoms with Crippen molar-refractivity contribution in [3.63, 3.8) is 0 Å². The molecule has 9 nitrogen and oxygen atoms in total. The minimum absolute atomic E-state index is 0.0159. The Morgan fingerprint density at radius 2 is 1.75 bits per heavy atom. The van der Waals surface area contributed by atoms with E-state index in [1.54, 1.807) is 38.3 Å². The molecule has 0 saturated heterocycles. The monoisotopic (exact) mass is 515 g/mol. The zero-order valence-corrected chi connectivity index (χ0v) is 21.9. The number of nitrogens with zero attached hydrogens (tertiary/aromatic N) is 2. The summed E-state index contributed by atoms with van der Waals surface area (Å²) in [6.45, 7) is 5.60. The molecule has 0 radical (unpaired) electrons. The molecule has 2 atom stereocenters. The van der Waals surface area contributed by atoms with E-state index in [1.807, 2.05) is 26.0 Å². The number of sulfonamides is 1. The van der Waals surface area contributed by atoms with Crippen molar-refractivity contribution in [2.45, 2.75) is 63.6 Å². The molecule has 194 valence electrons. The molecular weight excluding hydrogens is 482 g/mol. The van der Waals surface area contributed by atoms with E-state index in [9.17, 15) is 22.8 Å². The summed E-state index contributed by atoms with van der Waals surface area (Å²) in [5.41, 5.74) is 0.959. The number of ether oxygens (including phenoxy) is 1. The molecule has 1 heterocycles. The van der Waals surface area contributed by atoms with Gasteiger partial charge in [-0.05, 0) is 56.5 Å². The molecule has 0 saturated carbocycles. The summed E-state index contributed by atoms with van der Waals surface area (Å²) >= 11 is 0. The van der Waals surface area contributed by atoms with Crippen molar-refractivity contribution in [1.29, 1.82) is 0 Å². The predicted molar refractivity (Wildman–Crippen MR) is 135 cm³/mol. The van der Waals surface area contributed by atoms with E-state index >= 15 is 0 Å². The van der Waals surface area contributed by atoms with Crippen LogP contribution in [0.3, 0.4) is 0 Å². The lowest BCUT2D eigenvalue weighted by Gasteiger charge is -2.30. The molecule has 2 aromatic rings. The van der Waals surface area contributed by atoms with Crippen molar-refractivity contribution < 1.29 is 27.5 Å². The van der Waals surface area contributed by atoms with Gasteiger partial charge in [0.15, 0.2) is 0 Å². The quantitative estimate of drug-likeness (QED) is 0.492. The van der Waals surface area contributed by atoms with Gasteiger partial charge in [-0.2, -0.15) is 0 Å². The molecule has 3 rings (SSSR count). The number of methoxy groups -OCH3 is 1. The molecular formula is C26H33N3O6S. The minimum atomic E-state index is -3.93. The number of carbonyl (C=O) groups excluding carboxylic acids is 3. The van der Waals surface area contributed by atoms with Crippen LogP contribution in [0.4, 0.5) is 0 Å². The van der Waals surface area contributed by atoms with Gasteiger partial charge >= 0.3 is 0 Å². The second-order valence-corrected chi connectivity index (χ2v) is 10.7. The Morgan fingerprint density at radius 1 is 1.08 bits per heavy atom. The number of carbonyl (C=O) groups is 3. The van der Waals surface area contributed by atoms with Gasteiger partial charge in [0.1, 0.15) is 16.7 Å². The van der Waals surface area contributed by atoms with E-state index in [0.717, 1.165) is 16.3 Å². The number of hydrogen-bond donors (Lipinski definition) is 1. The highest BCUT2D eigenvalue weighted by Gasteiger charge is 2.40. The second kappa shape index (κ2) is 11.6. The van der Waals surface area contributed by atoms with Crippen molar-refractivity contribution in [2.24, 2.45) is 0 Å². The van der Waals surface area contributed by atoms with Crippen LogP contribution in [0.1, 0.15) is 56.0 Å². The average molecular weight is 516 g/mol. The first-order valence-electron chi connectivity index (χ1n) is 12.0. The van der Waals surface area contributed by atoms with Gasteiger partial charge < -0.3 is 15.0 Å². The van der Waals surface area contributed by atoms with Gasteiger partial charge in [0, 0.05) is 25.6 Å². The van der Waals surface area contributed by atoms with Crippen LogP contribution < -0.4 is 10.1 Å². The lowest BCUT2D eigenvalue weighted by Crippen LogP contribution is -2.49. The summed E-state index contributed by atoms with van der Waals surface area (Å²) < 4.78 is 31.6. The van der Waals surface area contributed by atoms with Crippen molar-refractivity contribution in [3.05, 3.63) is 59.7 Å². The Bertz CT molecular complexity index is 1210. The number of fused-ring (bicyclic) bond motifs is 1. The fourth-order valence-corrected chi connectivity index (χ4v) is 5.55. The number of rotatable bonds is 11. The van der Waals surface area contributed by atoms with E-state index in [-0.39, 0.29) is 54.2 Å². The lowest BCUT2D eigenvalue weighted by molar-refractivity contribution is -0.141. The average Bonchev–Trinajstić information content (AvgIpc) is 3.07. The van der Waals surface area contributed by atoms with Crippen molar-refractivity contribution >= 4 is 27.7 Å². The van der Waals surface area contributed by atoms with Gasteiger partial charge in [-0.3, -0.25) is 14.4 Å². The van der Waals surface area contributed by atoms with Crippen LogP contribution in [0, 0.1) is 0 Å². The van der Waals surface area contributed by atoms with E-state index in [2.05, 4.69) is 5.32 Å². The molecule has 1 N–H and O–H groups in total. The SMILES string of the molecule is CC[C@H](C)NC(=O)[C@@H](C)N(Cc1ccc(OC)cc1)C(=O)CCCN1C(=O)c2ccccc2S1(=O)=O. The van der Waals surface area contributed by atoms with E-state index < -0.39 is 22.0 Å². The molecule has 1 aliphatic heterocycles. The number of benzene rings is 2. The summed E-state index contributed by atoms with van der Waals surface area (Å²) in [6, 6.07) is 12.5. The van der Waals surface area contributed by atoms with Crippen LogP contribution in [0.15, 0.2) is 53.4 Å². The van der Waals surface area contributed by atoms with Crippen LogP contribution in [0.2, 0.25) is 0 Å². The molecule has 0 aromatic heterocycles. The number of amides is 3. The Kier molecular flexibility index (Phi) is 8.73. The molecule has 10 heteroatoms. The summed E-state index contributed by atoms with van der Waals surface area (Å²) in [7, 11) is -2.37. The summed E-state index contributed by atoms with van der Waals surface area (Å²) in [6.07, 6.45) is 0.870. The highest BCUT2D eigenvalue weighted by Crippen LogP contribution is 2.30. The van der Waals surface area contributed by atoms with Gasteiger partial charge in [-0.1, -0.05) is 31.2 Å². The Morgan fingerprint density at radius 3 is 2.36 bits per heavy atom. The third-order valence-electron chi connectivity index (χ3n) is 6.34. The first kappa shape index (κ1) is 27.2. The van der Waals surface area contributed by atoms with Crippen molar-refractivity contribution in [1.82, 2.24) is 14.5 Å². The maximum absolute atomic E-state index is 13.3. The predicted octanol–water partition coefficient (Wildman–Crippen LogP) is 2.95. The maximum atomic E-state index is 13.3. The lowest BCUT2D eigenvalue weighted by atomic mass is 10.1. The second-order valence-electron chi connectivity index (χ2n) is 8.85. The fraction of sp³-hybridized carbons (Fsp3) is 0.423. The van der Waals surface area contributed by atoms with Gasteiger partial charge in [-0.25, -0.2) is 12.7 Å². The Labute approximate surface area is 212 Å². The normalized spacial score (nSPS) is 15.7. The topological polar surface area (TPSA) is 113 Å². The standard InChI is InChI=1S/C26H33N3O6S/c1-5-18(2)27-25(31)19(3)28(17-20-12-14-21(35-4)15-13-20)24(30)11-8-16-29-26(32)22-9-6-7-10-23(22)36(29,33)34/h6-7,9-10,12-15,18-19H,5,8,11,16-17H2,1-4H3,(H,27,31)/t18-,19+/m0/s1. The van der Waals surface area contributed by atoms with E-state index in [0.29, 0.717) is 5.75 Å². The molecule has 2 aromatic carbocycles. The Balaban J connectivity index is 1.71. The maximum Gasteiger partial charge on any atom is 0.269 e. The molecule has 36 heavy (non-hydrogen) atoms. The third kappa shape index (κ3) is 5.87. The molecule has 3 amide bonds. The highest BCUT2D eigenvalue weighted by atomic mass is 32.2. The van der Waals surface area contributed by atoms with Crippen molar-refractivity contribution in [3.8, 4) is 5.75 Å². The number of hydrogen-bond acceptors (Lipinski definition) is 6. The van der Waals surface area contributed by atoms with Crippen LogP contribution in [-0.4, -0.2) is 61.1 Å². The highest BCUT2D eigenvalue weighted by molar-refractivity contribution is 7.90. The van der Waals surface area contributed by atoms with Gasteiger partial charge in [0.05, 0.1) is 12.7 Å². The third-order valence-corrected chi connectivity index (χ3v) is 8.18. The molecule has 0 fully saturated rings. The first-order valence-corrected chi connectivity index (χ1v) is 13.4. The Hall–Kier alpha value is -3.40. The molecule has 1 aliphatic rings. The molecule has 0 aliphatic carbocycles. The van der Waals surface area contributed by atoms with Crippen molar-refractivity contribution in [2.75, 3.05) is 13.7 Å². The number of nitrogens with one attached hydrogen (secondary N) is 1. The summed E-state index contributed by atoms with van der Waals surface area (Å²) in [4.78, 5) is 40.2. The molecule has 0 bridgehead atoms. The van der Waals surface area contributed by atoms with Crippen LogP contribution in [0.25, 0.3) is 0 Å². The van der Waals surface area contributed by atoms with Crippen LogP contribution in [0.5, 0.6) is 5.75 Å². The van der Waals surface area contributed by atoms with Gasteiger partial charge in [-0.15, -0.1) is 0 Å². The van der Waals surface area contributed by atoms with Crippen LogP contribution in [-0.2, 0) is 26.2 Å². The minimum Gasteiger partial charge on any atom is -0.497 e. The fourth-order valence-electron chi connectivity index (χ4n) is 3.95. The van der Waals surface area contributed by atoms with Gasteiger partial charge in [0.2, 0.25) is 11.8 Å². The first-order chi connectivity index (χ1) is 17.1. The van der Waals surface area contributed by atoms with Crippen LogP contribution >= 0.6 is 0 Å². The largest absolute Gasteiger partial charge is 0.497 e. The smallest absolute Gasteiger partial charge is 0.269 e. The molecule has 0 unspecified atom stereocenters. The summed E-state index contributed by atoms with van der Waals surface area (Å²) in [5, 5.41) is 2.91. The van der Waals surface area contributed by atoms with E-state index in [1.165, 1.54) is 17.0 Å². The van der Waals surface area contributed by atoms with E-state index in [4.69, 9.17) is 4.74 Å². The zero-order valence-electron chi connectivity index (χ0n) is 21.1. The molecule has 0 spiro atoms. The van der Waals surface area contributed by atoms with Gasteiger partial charge in [0.25, 0.3) is 15.9 Å². The summed E-state index contributed by atoms with van der Waals surface area (Å²) in [5.74, 6) is -0.482. The zero-order chi connectivity index (χ0) is 26.5.